The molecule has 3 heterocycles. The Morgan fingerprint density at radius 1 is 1.26 bits per heavy atom. The first-order valence-corrected chi connectivity index (χ1v) is 8.35. The first-order chi connectivity index (χ1) is 11.2. The van der Waals surface area contributed by atoms with Gasteiger partial charge in [-0.25, -0.2) is 15.0 Å². The highest BCUT2D eigenvalue weighted by Gasteiger charge is 2.28. The second kappa shape index (κ2) is 7.19. The smallest absolute Gasteiger partial charge is 0.137 e. The van der Waals surface area contributed by atoms with Crippen LogP contribution in [0, 0.1) is 5.92 Å². The summed E-state index contributed by atoms with van der Waals surface area (Å²) < 4.78 is 1.91. The molecule has 23 heavy (non-hydrogen) atoms. The normalized spacial score (nSPS) is 18.2. The van der Waals surface area contributed by atoms with Gasteiger partial charge in [0, 0.05) is 38.6 Å². The number of aromatic nitrogens is 4. The Bertz CT molecular complexity index is 633. The van der Waals surface area contributed by atoms with E-state index in [1.807, 2.05) is 30.1 Å². The van der Waals surface area contributed by atoms with Crippen molar-refractivity contribution in [2.24, 2.45) is 13.0 Å². The summed E-state index contributed by atoms with van der Waals surface area (Å²) in [5, 5.41) is 10.5. The minimum Gasteiger partial charge on any atom is -0.385 e. The molecular weight excluding hydrogens is 290 g/mol. The van der Waals surface area contributed by atoms with Crippen LogP contribution in [0.5, 0.6) is 0 Å². The number of imidazole rings is 1. The molecule has 0 unspecified atom stereocenters. The van der Waals surface area contributed by atoms with E-state index in [0.29, 0.717) is 0 Å². The quantitative estimate of drug-likeness (QED) is 0.910. The number of aliphatic hydroxyl groups is 1. The van der Waals surface area contributed by atoms with Crippen LogP contribution in [0.3, 0.4) is 0 Å². The summed E-state index contributed by atoms with van der Waals surface area (Å²) in [5.41, 5.74) is 1.08. The number of rotatable bonds is 5. The van der Waals surface area contributed by atoms with E-state index in [-0.39, 0.29) is 5.92 Å². The van der Waals surface area contributed by atoms with Crippen LogP contribution in [0.1, 0.15) is 43.2 Å². The van der Waals surface area contributed by atoms with Crippen molar-refractivity contribution < 1.29 is 5.11 Å². The van der Waals surface area contributed by atoms with Crippen LogP contribution in [-0.2, 0) is 20.0 Å². The first kappa shape index (κ1) is 16.1. The summed E-state index contributed by atoms with van der Waals surface area (Å²) in [6.45, 7) is 4.90. The molecular formula is C17H25N5O. The Morgan fingerprint density at radius 3 is 2.70 bits per heavy atom. The molecule has 124 valence electrons. The van der Waals surface area contributed by atoms with Gasteiger partial charge in [-0.05, 0) is 37.9 Å². The zero-order chi connectivity index (χ0) is 16.2. The number of likely N-dealkylation sites (tertiary alicyclic amines) is 1. The summed E-state index contributed by atoms with van der Waals surface area (Å²) in [5.74, 6) is 1.96. The Morgan fingerprint density at radius 2 is 2.04 bits per heavy atom. The second-order valence-corrected chi connectivity index (χ2v) is 6.27. The van der Waals surface area contributed by atoms with Gasteiger partial charge in [-0.15, -0.1) is 0 Å². The highest BCUT2D eigenvalue weighted by molar-refractivity contribution is 5.03. The first-order valence-electron chi connectivity index (χ1n) is 8.35. The van der Waals surface area contributed by atoms with Crippen LogP contribution in [-0.4, -0.2) is 42.6 Å². The van der Waals surface area contributed by atoms with Gasteiger partial charge in [0.05, 0.1) is 5.69 Å². The van der Waals surface area contributed by atoms with E-state index in [4.69, 9.17) is 0 Å². The maximum absolute atomic E-state index is 10.5. The molecule has 2 aromatic rings. The van der Waals surface area contributed by atoms with E-state index in [1.54, 1.807) is 6.20 Å². The third kappa shape index (κ3) is 3.76. The Kier molecular flexibility index (Phi) is 5.03. The second-order valence-electron chi connectivity index (χ2n) is 6.27. The van der Waals surface area contributed by atoms with Gasteiger partial charge in [-0.1, -0.05) is 6.92 Å². The Balaban J connectivity index is 1.55. The third-order valence-corrected chi connectivity index (χ3v) is 4.67. The van der Waals surface area contributed by atoms with E-state index >= 15 is 0 Å². The lowest BCUT2D eigenvalue weighted by molar-refractivity contribution is 0.0489. The summed E-state index contributed by atoms with van der Waals surface area (Å²) in [7, 11) is 1.93. The van der Waals surface area contributed by atoms with Crippen molar-refractivity contribution in [2.75, 3.05) is 13.1 Å². The zero-order valence-electron chi connectivity index (χ0n) is 13.9. The molecule has 6 heteroatoms. The van der Waals surface area contributed by atoms with Crippen LogP contribution in [0.15, 0.2) is 24.7 Å². The van der Waals surface area contributed by atoms with Crippen LogP contribution in [0.2, 0.25) is 0 Å². The molecule has 0 amide bonds. The molecule has 1 N–H and O–H groups in total. The number of hydrogen-bond donors (Lipinski definition) is 1. The van der Waals surface area contributed by atoms with E-state index in [1.165, 1.54) is 0 Å². The van der Waals surface area contributed by atoms with Crippen LogP contribution in [0.4, 0.5) is 0 Å². The molecule has 0 spiro atoms. The van der Waals surface area contributed by atoms with Gasteiger partial charge in [-0.2, -0.15) is 0 Å². The van der Waals surface area contributed by atoms with Gasteiger partial charge in [0.1, 0.15) is 17.8 Å². The van der Waals surface area contributed by atoms with Crippen LogP contribution < -0.4 is 0 Å². The summed E-state index contributed by atoms with van der Waals surface area (Å²) >= 11 is 0. The Labute approximate surface area is 137 Å². The van der Waals surface area contributed by atoms with Crippen molar-refractivity contribution >= 4 is 0 Å². The van der Waals surface area contributed by atoms with Crippen molar-refractivity contribution in [2.45, 2.75) is 38.8 Å². The van der Waals surface area contributed by atoms with Gasteiger partial charge in [0.15, 0.2) is 0 Å². The van der Waals surface area contributed by atoms with Crippen molar-refractivity contribution in [3.8, 4) is 0 Å². The topological polar surface area (TPSA) is 67.1 Å². The fourth-order valence-electron chi connectivity index (χ4n) is 3.23. The fourth-order valence-corrected chi connectivity index (χ4v) is 3.23. The molecule has 1 fully saturated rings. The monoisotopic (exact) mass is 315 g/mol. The summed E-state index contributed by atoms with van der Waals surface area (Å²) in [6.07, 6.45) is 7.84. The van der Waals surface area contributed by atoms with E-state index in [0.717, 1.165) is 56.2 Å². The van der Waals surface area contributed by atoms with Gasteiger partial charge in [0.25, 0.3) is 0 Å². The lowest BCUT2D eigenvalue weighted by Crippen LogP contribution is -2.36. The molecule has 0 aliphatic carbocycles. The summed E-state index contributed by atoms with van der Waals surface area (Å²) in [4.78, 5) is 15.5. The highest BCUT2D eigenvalue weighted by atomic mass is 16.3. The average molecular weight is 315 g/mol. The minimum atomic E-state index is -0.470. The lowest BCUT2D eigenvalue weighted by atomic mass is 9.90. The minimum absolute atomic E-state index is 0.281. The maximum Gasteiger partial charge on any atom is 0.137 e. The maximum atomic E-state index is 10.5. The predicted octanol–water partition coefficient (Wildman–Crippen LogP) is 1.72. The molecule has 2 aromatic heterocycles. The standard InChI is InChI=1S/C17H25N5O/c1-3-15-18-7-4-14(20-15)12-22-9-5-13(6-10-22)16(23)17-19-8-11-21(17)2/h4,7-8,11,13,16,23H,3,5-6,9-10,12H2,1-2H3/t16-/m0/s1. The van der Waals surface area contributed by atoms with E-state index in [9.17, 15) is 5.11 Å². The number of piperidine rings is 1. The fraction of sp³-hybridized carbons (Fsp3) is 0.588. The number of aryl methyl sites for hydroxylation is 2. The van der Waals surface area contributed by atoms with Crippen molar-refractivity contribution in [1.29, 1.82) is 0 Å². The van der Waals surface area contributed by atoms with E-state index in [2.05, 4.69) is 26.8 Å². The van der Waals surface area contributed by atoms with Gasteiger partial charge < -0.3 is 9.67 Å². The van der Waals surface area contributed by atoms with Crippen molar-refractivity contribution in [3.05, 3.63) is 42.0 Å². The van der Waals surface area contributed by atoms with E-state index < -0.39 is 6.10 Å². The van der Waals surface area contributed by atoms with Crippen LogP contribution in [0.25, 0.3) is 0 Å². The number of aliphatic hydroxyl groups excluding tert-OH is 1. The number of hydrogen-bond acceptors (Lipinski definition) is 5. The van der Waals surface area contributed by atoms with Crippen molar-refractivity contribution in [3.63, 3.8) is 0 Å². The average Bonchev–Trinajstić information content (AvgIpc) is 3.01. The van der Waals surface area contributed by atoms with Crippen molar-refractivity contribution in [1.82, 2.24) is 24.4 Å². The third-order valence-electron chi connectivity index (χ3n) is 4.67. The molecule has 0 saturated carbocycles. The molecule has 3 rings (SSSR count). The molecule has 1 atom stereocenters. The molecule has 6 nitrogen and oxygen atoms in total. The van der Waals surface area contributed by atoms with Crippen LogP contribution >= 0.6 is 0 Å². The molecule has 0 radical (unpaired) electrons. The van der Waals surface area contributed by atoms with Gasteiger partial charge in [-0.3, -0.25) is 4.90 Å². The van der Waals surface area contributed by atoms with Gasteiger partial charge >= 0.3 is 0 Å². The zero-order valence-corrected chi connectivity index (χ0v) is 13.9. The molecule has 0 aromatic carbocycles. The lowest BCUT2D eigenvalue weighted by Gasteiger charge is -2.33. The number of nitrogens with zero attached hydrogens (tertiary/aromatic N) is 5. The summed E-state index contributed by atoms with van der Waals surface area (Å²) in [6, 6.07) is 1.99. The molecule has 0 bridgehead atoms. The van der Waals surface area contributed by atoms with Gasteiger partial charge in [0.2, 0.25) is 0 Å². The Hall–Kier alpha value is -1.79. The largest absolute Gasteiger partial charge is 0.385 e. The SMILES string of the molecule is CCc1nccc(CN2CCC([C@H](O)c3nccn3C)CC2)n1. The predicted molar refractivity (Wildman–Crippen MR) is 87.6 cm³/mol. The highest BCUT2D eigenvalue weighted by Crippen LogP contribution is 2.30. The molecule has 1 saturated heterocycles. The molecule has 1 aliphatic heterocycles. The molecule has 1 aliphatic rings.